The molecule has 0 aliphatic heterocycles. The lowest BCUT2D eigenvalue weighted by Gasteiger charge is -2.29. The highest BCUT2D eigenvalue weighted by atomic mass is 16.4. The number of carbonyl (C=O) groups excluding carboxylic acids is 7. The fourth-order valence-corrected chi connectivity index (χ4v) is 7.43. The lowest BCUT2D eigenvalue weighted by atomic mass is 9.96. The van der Waals surface area contributed by atoms with Crippen LogP contribution in [0, 0.1) is 11.8 Å². The number of nitrogens with two attached hydrogens (primary N) is 1. The summed E-state index contributed by atoms with van der Waals surface area (Å²) in [6.45, 7) is 6.67. The predicted molar refractivity (Wildman–Crippen MR) is 267 cm³/mol. The molecule has 0 aromatic heterocycles. The fourth-order valence-electron chi connectivity index (χ4n) is 7.43. The summed E-state index contributed by atoms with van der Waals surface area (Å²) in [6.07, 6.45) is -4.97. The van der Waals surface area contributed by atoms with Crippen LogP contribution in [0.3, 0.4) is 0 Å². The van der Waals surface area contributed by atoms with Gasteiger partial charge in [0.05, 0.1) is 6.04 Å². The van der Waals surface area contributed by atoms with Crippen molar-refractivity contribution in [1.29, 1.82) is 0 Å². The second kappa shape index (κ2) is 32.2. The molecule has 0 heterocycles. The maximum Gasteiger partial charge on any atom is 0.326 e. The molecule has 0 aliphatic rings. The molecule has 7 amide bonds. The maximum atomic E-state index is 14.4. The minimum atomic E-state index is -1.80. The van der Waals surface area contributed by atoms with Crippen LogP contribution in [0.4, 0.5) is 0 Å². The highest BCUT2D eigenvalue weighted by Crippen LogP contribution is 2.15. The standard InChI is InChI=1S/C50H70N8O18/c1-5-27(4)42(58-46(71)34(18-22-41(66)67)52-43(68)31(51)15-19-38(60)61)49(74)56-36(24-28-9-7-6-8-10-28)47(72)54-32(16-20-39(62)63)44(69)53-33(17-21-40(64)65)45(70)55-35(25-29-11-13-30(59)14-12-29)48(73)57-37(50(75)76)23-26(2)3/h6-14,26-27,31-37,42,59H,5,15-25,51H2,1-4H3,(H,52,68)(H,53,69)(H,54,72)(H,55,70)(H,56,74)(H,57,73)(H,58,71)(H,60,61)(H,62,63)(H,64,65)(H,66,67)(H,75,76). The van der Waals surface area contributed by atoms with Crippen LogP contribution in [0.1, 0.15) is 103 Å². The number of amides is 7. The summed E-state index contributed by atoms with van der Waals surface area (Å²) < 4.78 is 0. The second-order valence-electron chi connectivity index (χ2n) is 18.6. The van der Waals surface area contributed by atoms with Crippen molar-refractivity contribution in [3.63, 3.8) is 0 Å². The van der Waals surface area contributed by atoms with E-state index in [2.05, 4.69) is 37.2 Å². The molecule has 15 N–H and O–H groups in total. The zero-order valence-corrected chi connectivity index (χ0v) is 42.6. The smallest absolute Gasteiger partial charge is 0.326 e. The first-order valence-corrected chi connectivity index (χ1v) is 24.5. The number of aliphatic carboxylic acids is 5. The number of carboxylic acid groups (broad SMARTS) is 5. The van der Waals surface area contributed by atoms with Gasteiger partial charge in [-0.2, -0.15) is 0 Å². The summed E-state index contributed by atoms with van der Waals surface area (Å²) in [5, 5.41) is 74.2. The number of phenolic OH excluding ortho intramolecular Hbond substituents is 1. The van der Waals surface area contributed by atoms with E-state index in [0.29, 0.717) is 11.1 Å². The number of carboxylic acids is 5. The SMILES string of the molecule is CCC(C)C(NC(=O)C(CCC(=O)O)NC(=O)C(N)CCC(=O)O)C(=O)NC(Cc1ccccc1)C(=O)NC(CCC(=O)O)C(=O)NC(CCC(=O)O)C(=O)NC(Cc1ccc(O)cc1)C(=O)NC(CC(C)C)C(=O)O. The zero-order valence-electron chi connectivity index (χ0n) is 42.6. The Balaban J connectivity index is 2.55. The summed E-state index contributed by atoms with van der Waals surface area (Å²) in [4.78, 5) is 155. The second-order valence-corrected chi connectivity index (χ2v) is 18.6. The Morgan fingerprint density at radius 1 is 0.447 bits per heavy atom. The van der Waals surface area contributed by atoms with E-state index in [1.807, 2.05) is 0 Å². The molecule has 0 radical (unpaired) electrons. The van der Waals surface area contributed by atoms with Crippen molar-refractivity contribution >= 4 is 71.2 Å². The van der Waals surface area contributed by atoms with Crippen molar-refractivity contribution < 1.29 is 88.2 Å². The molecule has 2 aromatic carbocycles. The van der Waals surface area contributed by atoms with Crippen molar-refractivity contribution in [2.45, 2.75) is 153 Å². The molecular formula is C50H70N8O18. The molecule has 0 spiro atoms. The monoisotopic (exact) mass is 1070 g/mol. The van der Waals surface area contributed by atoms with Gasteiger partial charge in [-0.1, -0.05) is 76.6 Å². The third kappa shape index (κ3) is 23.8. The van der Waals surface area contributed by atoms with Gasteiger partial charge in [0, 0.05) is 38.5 Å². The van der Waals surface area contributed by atoms with E-state index in [1.54, 1.807) is 58.0 Å². The van der Waals surface area contributed by atoms with Crippen molar-refractivity contribution in [2.75, 3.05) is 0 Å². The summed E-state index contributed by atoms with van der Waals surface area (Å²) in [6, 6.07) is 0.953. The van der Waals surface area contributed by atoms with Gasteiger partial charge in [0.25, 0.3) is 0 Å². The highest BCUT2D eigenvalue weighted by Gasteiger charge is 2.36. The quantitative estimate of drug-likeness (QED) is 0.0415. The molecule has 9 atom stereocenters. The Morgan fingerprint density at radius 2 is 0.803 bits per heavy atom. The van der Waals surface area contributed by atoms with Gasteiger partial charge in [0.15, 0.2) is 0 Å². The van der Waals surface area contributed by atoms with E-state index in [0.717, 1.165) is 0 Å². The van der Waals surface area contributed by atoms with Crippen LogP contribution in [-0.2, 0) is 70.4 Å². The third-order valence-corrected chi connectivity index (χ3v) is 11.9. The van der Waals surface area contributed by atoms with E-state index in [-0.39, 0.29) is 43.8 Å². The molecule has 2 aromatic rings. The van der Waals surface area contributed by atoms with Crippen LogP contribution in [-0.4, -0.2) is 150 Å². The Kier molecular flexibility index (Phi) is 27.1. The van der Waals surface area contributed by atoms with Crippen LogP contribution in [0.15, 0.2) is 54.6 Å². The summed E-state index contributed by atoms with van der Waals surface area (Å²) in [5.74, 6) is -15.2. The van der Waals surface area contributed by atoms with E-state index >= 15 is 0 Å². The van der Waals surface area contributed by atoms with Gasteiger partial charge in [-0.05, 0) is 67.2 Å². The van der Waals surface area contributed by atoms with Gasteiger partial charge in [-0.15, -0.1) is 0 Å². The van der Waals surface area contributed by atoms with E-state index < -0.39 is 170 Å². The topological polar surface area (TPSA) is 436 Å². The minimum Gasteiger partial charge on any atom is -0.508 e. The minimum absolute atomic E-state index is 0.0000553. The van der Waals surface area contributed by atoms with Crippen LogP contribution < -0.4 is 43.0 Å². The van der Waals surface area contributed by atoms with Gasteiger partial charge in [-0.3, -0.25) is 52.7 Å². The molecule has 0 saturated heterocycles. The third-order valence-electron chi connectivity index (χ3n) is 11.9. The molecule has 26 heteroatoms. The van der Waals surface area contributed by atoms with Crippen molar-refractivity contribution in [3.8, 4) is 5.75 Å². The van der Waals surface area contributed by atoms with Gasteiger partial charge in [-0.25, -0.2) is 4.79 Å². The number of nitrogens with one attached hydrogen (secondary N) is 7. The van der Waals surface area contributed by atoms with Crippen molar-refractivity contribution in [2.24, 2.45) is 17.6 Å². The predicted octanol–water partition coefficient (Wildman–Crippen LogP) is -0.466. The first-order chi connectivity index (χ1) is 35.7. The Morgan fingerprint density at radius 3 is 1.21 bits per heavy atom. The average Bonchev–Trinajstić information content (AvgIpc) is 3.35. The molecule has 418 valence electrons. The maximum absolute atomic E-state index is 14.4. The molecule has 0 bridgehead atoms. The van der Waals surface area contributed by atoms with Gasteiger partial charge >= 0.3 is 29.8 Å². The molecule has 2 rings (SSSR count). The van der Waals surface area contributed by atoms with Crippen LogP contribution >= 0.6 is 0 Å². The fraction of sp³-hybridized carbons (Fsp3) is 0.520. The summed E-state index contributed by atoms with van der Waals surface area (Å²) in [5.41, 5.74) is 6.66. The van der Waals surface area contributed by atoms with Gasteiger partial charge in [0.2, 0.25) is 41.4 Å². The molecular weight excluding hydrogens is 1000 g/mol. The first kappa shape index (κ1) is 64.0. The van der Waals surface area contributed by atoms with Crippen LogP contribution in [0.25, 0.3) is 0 Å². The Bertz CT molecular complexity index is 2350. The highest BCUT2D eigenvalue weighted by molar-refractivity contribution is 5.98. The molecule has 26 nitrogen and oxygen atoms in total. The molecule has 0 fully saturated rings. The Labute approximate surface area is 437 Å². The number of benzene rings is 2. The molecule has 76 heavy (non-hydrogen) atoms. The van der Waals surface area contributed by atoms with E-state index in [4.69, 9.17) is 10.8 Å². The zero-order chi connectivity index (χ0) is 57.2. The number of phenols is 1. The van der Waals surface area contributed by atoms with Crippen LogP contribution in [0.5, 0.6) is 5.75 Å². The molecule has 9 unspecified atom stereocenters. The number of hydrogen-bond acceptors (Lipinski definition) is 14. The summed E-state index contributed by atoms with van der Waals surface area (Å²) in [7, 11) is 0. The summed E-state index contributed by atoms with van der Waals surface area (Å²) >= 11 is 0. The first-order valence-electron chi connectivity index (χ1n) is 24.5. The van der Waals surface area contributed by atoms with E-state index in [1.165, 1.54) is 24.3 Å². The van der Waals surface area contributed by atoms with Crippen molar-refractivity contribution in [3.05, 3.63) is 65.7 Å². The lowest BCUT2D eigenvalue weighted by Crippen LogP contribution is -2.61. The van der Waals surface area contributed by atoms with Gasteiger partial charge in [0.1, 0.15) is 48.0 Å². The average molecular weight is 1070 g/mol. The van der Waals surface area contributed by atoms with E-state index in [9.17, 15) is 83.1 Å². The van der Waals surface area contributed by atoms with Crippen LogP contribution in [0.2, 0.25) is 0 Å². The number of rotatable bonds is 35. The number of aromatic hydroxyl groups is 1. The van der Waals surface area contributed by atoms with Gasteiger partial charge < -0.3 is 73.6 Å². The lowest BCUT2D eigenvalue weighted by molar-refractivity contribution is -0.143. The normalized spacial score (nSPS) is 14.6. The molecule has 0 saturated carbocycles. The number of hydrogen-bond donors (Lipinski definition) is 14. The Hall–Kier alpha value is -8.16. The molecule has 0 aliphatic carbocycles. The number of carbonyl (C=O) groups is 12. The van der Waals surface area contributed by atoms with Crippen molar-refractivity contribution in [1.82, 2.24) is 37.2 Å². The largest absolute Gasteiger partial charge is 0.508 e.